The van der Waals surface area contributed by atoms with Gasteiger partial charge >= 0.3 is 0 Å². The normalized spacial score (nSPS) is 14.5. The van der Waals surface area contributed by atoms with Gasteiger partial charge in [-0.2, -0.15) is 0 Å². The van der Waals surface area contributed by atoms with Crippen molar-refractivity contribution in [1.29, 1.82) is 0 Å². The van der Waals surface area contributed by atoms with E-state index in [1.807, 2.05) is 13.8 Å². The molecule has 0 aromatic carbocycles. The van der Waals surface area contributed by atoms with Crippen molar-refractivity contribution in [2.45, 2.75) is 51.7 Å². The summed E-state index contributed by atoms with van der Waals surface area (Å²) in [7, 11) is 0. The maximum absolute atomic E-state index is 13.9. The van der Waals surface area contributed by atoms with Gasteiger partial charge in [-0.05, 0) is 33.3 Å². The fourth-order valence-electron chi connectivity index (χ4n) is 1.78. The van der Waals surface area contributed by atoms with E-state index < -0.39 is 24.0 Å². The summed E-state index contributed by atoms with van der Waals surface area (Å²) in [4.78, 5) is 16.0. The highest BCUT2D eigenvalue weighted by Crippen LogP contribution is 2.30. The van der Waals surface area contributed by atoms with Crippen molar-refractivity contribution in [3.63, 3.8) is 0 Å². The third kappa shape index (κ3) is 5.00. The van der Waals surface area contributed by atoms with Gasteiger partial charge in [-0.1, -0.05) is 18.5 Å². The maximum atomic E-state index is 13.9. The Hall–Kier alpha value is -1.47. The molecule has 130 valence electrons. The van der Waals surface area contributed by atoms with Crippen molar-refractivity contribution in [2.75, 3.05) is 11.9 Å². The summed E-state index contributed by atoms with van der Waals surface area (Å²) in [5, 5.41) is 15.0. The Morgan fingerprint density at radius 3 is 2.61 bits per heavy atom. The zero-order valence-corrected chi connectivity index (χ0v) is 14.3. The molecule has 0 saturated heterocycles. The first kappa shape index (κ1) is 19.6. The van der Waals surface area contributed by atoms with Crippen molar-refractivity contribution in [1.82, 2.24) is 10.3 Å². The van der Waals surface area contributed by atoms with Crippen molar-refractivity contribution in [3.05, 3.63) is 23.0 Å². The molecule has 0 aliphatic carbocycles. The lowest BCUT2D eigenvalue weighted by Crippen LogP contribution is -2.52. The number of hydrogen-bond donors (Lipinski definition) is 3. The molecule has 23 heavy (non-hydrogen) atoms. The summed E-state index contributed by atoms with van der Waals surface area (Å²) in [5.74, 6) is -4.17. The monoisotopic (exact) mass is 349 g/mol. The minimum absolute atomic E-state index is 0.0160. The van der Waals surface area contributed by atoms with E-state index in [4.69, 9.17) is 11.6 Å². The van der Waals surface area contributed by atoms with Crippen molar-refractivity contribution in [3.8, 4) is 0 Å². The van der Waals surface area contributed by atoms with Crippen LogP contribution in [0.5, 0.6) is 0 Å². The smallest absolute Gasteiger partial charge is 0.292 e. The van der Waals surface area contributed by atoms with Crippen molar-refractivity contribution in [2.24, 2.45) is 0 Å². The Morgan fingerprint density at radius 2 is 2.09 bits per heavy atom. The number of rotatable bonds is 7. The summed E-state index contributed by atoms with van der Waals surface area (Å²) < 4.78 is 27.9. The number of nitrogens with zero attached hydrogens (tertiary/aromatic N) is 1. The van der Waals surface area contributed by atoms with Gasteiger partial charge in [-0.25, -0.2) is 13.8 Å². The highest BCUT2D eigenvalue weighted by atomic mass is 35.5. The van der Waals surface area contributed by atoms with Crippen molar-refractivity contribution >= 4 is 23.2 Å². The summed E-state index contributed by atoms with van der Waals surface area (Å²) in [6.07, 6.45) is 1.08. The second kappa shape index (κ2) is 7.40. The van der Waals surface area contributed by atoms with Crippen molar-refractivity contribution < 1.29 is 18.7 Å². The maximum Gasteiger partial charge on any atom is 0.292 e. The fourth-order valence-corrected chi connectivity index (χ4v) is 1.93. The van der Waals surface area contributed by atoms with Gasteiger partial charge in [0.15, 0.2) is 0 Å². The van der Waals surface area contributed by atoms with Gasteiger partial charge in [-0.3, -0.25) is 4.79 Å². The largest absolute Gasteiger partial charge is 0.384 e. The van der Waals surface area contributed by atoms with Crippen LogP contribution in [0.25, 0.3) is 0 Å². The quantitative estimate of drug-likeness (QED) is 0.661. The molecule has 0 spiro atoms. The number of hydrogen-bond acceptors (Lipinski definition) is 4. The molecule has 0 radical (unpaired) electrons. The highest BCUT2D eigenvalue weighted by Gasteiger charge is 2.47. The Balaban J connectivity index is 2.91. The molecule has 1 amide bonds. The first-order valence-corrected chi connectivity index (χ1v) is 7.68. The molecule has 1 heterocycles. The fraction of sp³-hybridized carbons (Fsp3) is 0.600. The molecule has 0 bridgehead atoms. The average Bonchev–Trinajstić information content (AvgIpc) is 2.44. The summed E-state index contributed by atoms with van der Waals surface area (Å²) >= 11 is 5.80. The number of amides is 1. The standard InChI is InChI=1S/C15H22ClF2N3O2/c1-5-14(4,23)15(17,18)8-20-13(22)10-7-19-12(16)6-11(10)21-9(2)3/h6-7,9,23H,5,8H2,1-4H3,(H,19,21)(H,20,22). The topological polar surface area (TPSA) is 74.2 Å². The van der Waals surface area contributed by atoms with E-state index in [2.05, 4.69) is 15.6 Å². The second-order valence-corrected chi connectivity index (χ2v) is 6.25. The van der Waals surface area contributed by atoms with E-state index in [9.17, 15) is 18.7 Å². The van der Waals surface area contributed by atoms with Gasteiger partial charge in [0, 0.05) is 12.2 Å². The van der Waals surface area contributed by atoms with Crippen LogP contribution in [0.4, 0.5) is 14.5 Å². The van der Waals surface area contributed by atoms with Crippen LogP contribution < -0.4 is 10.6 Å². The van der Waals surface area contributed by atoms with E-state index in [1.54, 1.807) is 0 Å². The van der Waals surface area contributed by atoms with E-state index in [0.29, 0.717) is 5.69 Å². The number of anilines is 1. The van der Waals surface area contributed by atoms with Crippen LogP contribution in [0.1, 0.15) is 44.5 Å². The lowest BCUT2D eigenvalue weighted by atomic mass is 9.95. The van der Waals surface area contributed by atoms with E-state index in [-0.39, 0.29) is 23.2 Å². The second-order valence-electron chi connectivity index (χ2n) is 5.87. The van der Waals surface area contributed by atoms with Gasteiger partial charge in [0.1, 0.15) is 10.8 Å². The van der Waals surface area contributed by atoms with Crippen LogP contribution in [0.2, 0.25) is 5.15 Å². The van der Waals surface area contributed by atoms with Crippen LogP contribution in [0.3, 0.4) is 0 Å². The van der Waals surface area contributed by atoms with Gasteiger partial charge in [0.2, 0.25) is 0 Å². The number of aliphatic hydroxyl groups is 1. The van der Waals surface area contributed by atoms with Crippen LogP contribution in [0.15, 0.2) is 12.3 Å². The molecule has 0 aliphatic heterocycles. The minimum Gasteiger partial charge on any atom is -0.384 e. The number of pyridine rings is 1. The summed E-state index contributed by atoms with van der Waals surface area (Å²) in [6.45, 7) is 5.24. The highest BCUT2D eigenvalue weighted by molar-refractivity contribution is 6.29. The summed E-state index contributed by atoms with van der Waals surface area (Å²) in [5.41, 5.74) is -1.68. The first-order valence-electron chi connectivity index (χ1n) is 7.30. The lowest BCUT2D eigenvalue weighted by molar-refractivity contribution is -0.168. The predicted molar refractivity (Wildman–Crippen MR) is 86.2 cm³/mol. The van der Waals surface area contributed by atoms with Crippen LogP contribution in [-0.2, 0) is 0 Å². The molecular weight excluding hydrogens is 328 g/mol. The van der Waals surface area contributed by atoms with Gasteiger partial charge in [0.25, 0.3) is 11.8 Å². The Bertz CT molecular complexity index is 566. The Kier molecular flexibility index (Phi) is 6.30. The Morgan fingerprint density at radius 1 is 1.48 bits per heavy atom. The molecule has 1 unspecified atom stereocenters. The Labute approximate surface area is 139 Å². The number of carbonyl (C=O) groups excluding carboxylic acids is 1. The number of nitrogens with one attached hydrogen (secondary N) is 2. The van der Waals surface area contributed by atoms with Crippen LogP contribution in [-0.4, -0.2) is 40.1 Å². The molecule has 8 heteroatoms. The predicted octanol–water partition coefficient (Wildman–Crippen LogP) is 3.08. The van der Waals surface area contributed by atoms with Gasteiger partial charge in [0.05, 0.1) is 17.8 Å². The molecule has 3 N–H and O–H groups in total. The molecule has 0 saturated carbocycles. The molecular formula is C15H22ClF2N3O2. The molecule has 1 atom stereocenters. The third-order valence-electron chi connectivity index (χ3n) is 3.51. The number of aromatic nitrogens is 1. The number of alkyl halides is 2. The third-order valence-corrected chi connectivity index (χ3v) is 3.71. The zero-order valence-electron chi connectivity index (χ0n) is 13.6. The number of carbonyl (C=O) groups is 1. The molecule has 1 aromatic heterocycles. The minimum atomic E-state index is -3.46. The zero-order chi connectivity index (χ0) is 17.8. The van der Waals surface area contributed by atoms with Crippen LogP contribution in [0, 0.1) is 0 Å². The first-order chi connectivity index (χ1) is 10.5. The average molecular weight is 350 g/mol. The molecule has 1 rings (SSSR count). The lowest BCUT2D eigenvalue weighted by Gasteiger charge is -2.31. The van der Waals surface area contributed by atoms with E-state index in [0.717, 1.165) is 6.92 Å². The molecule has 0 aliphatic rings. The summed E-state index contributed by atoms with van der Waals surface area (Å²) in [6, 6.07) is 1.47. The van der Waals surface area contributed by atoms with Gasteiger partial charge in [-0.15, -0.1) is 0 Å². The molecule has 0 fully saturated rings. The van der Waals surface area contributed by atoms with Gasteiger partial charge < -0.3 is 15.7 Å². The SMILES string of the molecule is CCC(C)(O)C(F)(F)CNC(=O)c1cnc(Cl)cc1NC(C)C. The molecule has 5 nitrogen and oxygen atoms in total. The van der Waals surface area contributed by atoms with E-state index >= 15 is 0 Å². The van der Waals surface area contributed by atoms with Crippen LogP contribution >= 0.6 is 11.6 Å². The van der Waals surface area contributed by atoms with E-state index in [1.165, 1.54) is 19.2 Å². The number of halogens is 3. The molecule has 1 aromatic rings.